The van der Waals surface area contributed by atoms with Gasteiger partial charge in [0.15, 0.2) is 0 Å². The van der Waals surface area contributed by atoms with Crippen molar-refractivity contribution in [2.45, 2.75) is 45.9 Å². The van der Waals surface area contributed by atoms with Crippen LogP contribution in [0.4, 0.5) is 4.39 Å². The fourth-order valence-electron chi connectivity index (χ4n) is 3.67. The number of benzene rings is 1. The van der Waals surface area contributed by atoms with Crippen LogP contribution in [0.25, 0.3) is 0 Å². The van der Waals surface area contributed by atoms with Crippen LogP contribution in [0.3, 0.4) is 0 Å². The van der Waals surface area contributed by atoms with E-state index in [1.807, 2.05) is 17.6 Å². The molecule has 0 aliphatic carbocycles. The molecule has 140 valence electrons. The second-order valence-corrected chi connectivity index (χ2v) is 6.81. The van der Waals surface area contributed by atoms with Crippen molar-refractivity contribution in [2.75, 3.05) is 13.2 Å². The van der Waals surface area contributed by atoms with E-state index in [9.17, 15) is 14.3 Å². The highest BCUT2D eigenvalue weighted by Gasteiger charge is 2.23. The number of carboxylic acid groups (broad SMARTS) is 1. The lowest BCUT2D eigenvalue weighted by Gasteiger charge is -2.12. The Morgan fingerprint density at radius 3 is 2.85 bits per heavy atom. The lowest BCUT2D eigenvalue weighted by molar-refractivity contribution is 0.0694. The van der Waals surface area contributed by atoms with Crippen LogP contribution < -0.4 is 5.32 Å². The number of carbonyl (C=O) groups is 1. The Hall–Kier alpha value is -2.18. The number of nitrogens with one attached hydrogen (secondary N) is 1. The average molecular weight is 360 g/mol. The predicted octanol–water partition coefficient (Wildman–Crippen LogP) is 3.26. The minimum atomic E-state index is -0.933. The molecule has 1 fully saturated rings. The van der Waals surface area contributed by atoms with E-state index in [1.54, 1.807) is 13.0 Å². The zero-order valence-corrected chi connectivity index (χ0v) is 15.2. The van der Waals surface area contributed by atoms with E-state index in [1.165, 1.54) is 12.1 Å². The highest BCUT2D eigenvalue weighted by atomic mass is 19.1. The zero-order chi connectivity index (χ0) is 18.7. The number of ether oxygens (including phenoxy) is 1. The predicted molar refractivity (Wildman–Crippen MR) is 97.0 cm³/mol. The molecule has 0 saturated carbocycles. The van der Waals surface area contributed by atoms with Gasteiger partial charge in [-0.25, -0.2) is 9.18 Å². The van der Waals surface area contributed by atoms with E-state index in [4.69, 9.17) is 4.74 Å². The molecule has 2 heterocycles. The summed E-state index contributed by atoms with van der Waals surface area (Å²) in [5.74, 6) is -1.22. The molecule has 26 heavy (non-hydrogen) atoms. The molecule has 0 radical (unpaired) electrons. The van der Waals surface area contributed by atoms with Crippen molar-refractivity contribution in [1.82, 2.24) is 9.88 Å². The Bertz CT molecular complexity index is 795. The molecule has 3 rings (SSSR count). The monoisotopic (exact) mass is 360 g/mol. The fourth-order valence-corrected chi connectivity index (χ4v) is 3.67. The minimum Gasteiger partial charge on any atom is -0.478 e. The standard InChI is InChI=1S/C20H25FN2O3/c1-13-18(11-22-10-17-7-4-8-26-17)19(20(24)25)14(2)23(13)12-15-5-3-6-16(21)9-15/h3,5-6,9,17,22H,4,7-8,10-12H2,1-2H3,(H,24,25)/t17-/m0/s1. The maximum Gasteiger partial charge on any atom is 0.337 e. The van der Waals surface area contributed by atoms with Crippen LogP contribution in [0.1, 0.15) is 45.7 Å². The molecule has 1 aliphatic rings. The SMILES string of the molecule is Cc1c(CNC[C@@H]2CCCO2)c(C(=O)O)c(C)n1Cc1cccc(F)c1. The first-order chi connectivity index (χ1) is 12.5. The van der Waals surface area contributed by atoms with Gasteiger partial charge in [-0.2, -0.15) is 0 Å². The number of rotatable bonds is 7. The van der Waals surface area contributed by atoms with Gasteiger partial charge in [0.25, 0.3) is 0 Å². The van der Waals surface area contributed by atoms with Crippen molar-refractivity contribution >= 4 is 5.97 Å². The lowest BCUT2D eigenvalue weighted by atomic mass is 10.1. The van der Waals surface area contributed by atoms with Gasteiger partial charge < -0.3 is 19.7 Å². The summed E-state index contributed by atoms with van der Waals surface area (Å²) in [7, 11) is 0. The molecule has 6 heteroatoms. The third-order valence-electron chi connectivity index (χ3n) is 5.05. The largest absolute Gasteiger partial charge is 0.478 e. The third kappa shape index (κ3) is 3.97. The zero-order valence-electron chi connectivity index (χ0n) is 15.2. The van der Waals surface area contributed by atoms with Gasteiger partial charge in [0.05, 0.1) is 11.7 Å². The van der Waals surface area contributed by atoms with E-state index < -0.39 is 5.97 Å². The molecule has 1 aliphatic heterocycles. The van der Waals surface area contributed by atoms with Gasteiger partial charge in [0, 0.05) is 43.2 Å². The van der Waals surface area contributed by atoms with Gasteiger partial charge >= 0.3 is 5.97 Å². The molecule has 5 nitrogen and oxygen atoms in total. The lowest BCUT2D eigenvalue weighted by Crippen LogP contribution is -2.26. The Morgan fingerprint density at radius 1 is 1.38 bits per heavy atom. The molecule has 2 aromatic rings. The van der Waals surface area contributed by atoms with E-state index in [-0.39, 0.29) is 11.9 Å². The Morgan fingerprint density at radius 2 is 2.19 bits per heavy atom. The minimum absolute atomic E-state index is 0.207. The molecule has 1 saturated heterocycles. The molecule has 0 bridgehead atoms. The van der Waals surface area contributed by atoms with Gasteiger partial charge in [0.1, 0.15) is 5.82 Å². The normalized spacial score (nSPS) is 17.0. The second-order valence-electron chi connectivity index (χ2n) is 6.81. The molecule has 1 aromatic carbocycles. The summed E-state index contributed by atoms with van der Waals surface area (Å²) >= 11 is 0. The number of nitrogens with zero attached hydrogens (tertiary/aromatic N) is 1. The van der Waals surface area contributed by atoms with Gasteiger partial charge in [-0.15, -0.1) is 0 Å². The third-order valence-corrected chi connectivity index (χ3v) is 5.05. The molecule has 0 unspecified atom stereocenters. The first-order valence-corrected chi connectivity index (χ1v) is 8.96. The topological polar surface area (TPSA) is 63.5 Å². The quantitative estimate of drug-likeness (QED) is 0.796. The second kappa shape index (κ2) is 8.01. The highest BCUT2D eigenvalue weighted by molar-refractivity contribution is 5.91. The number of hydrogen-bond acceptors (Lipinski definition) is 3. The van der Waals surface area contributed by atoms with E-state index in [0.717, 1.165) is 36.3 Å². The average Bonchev–Trinajstić information content (AvgIpc) is 3.18. The smallest absolute Gasteiger partial charge is 0.337 e. The van der Waals surface area contributed by atoms with Crippen LogP contribution in [-0.4, -0.2) is 34.9 Å². The van der Waals surface area contributed by atoms with Crippen LogP contribution in [0.5, 0.6) is 0 Å². The molecule has 2 N–H and O–H groups in total. The number of halogens is 1. The van der Waals surface area contributed by atoms with Crippen molar-refractivity contribution in [3.8, 4) is 0 Å². The van der Waals surface area contributed by atoms with Crippen LogP contribution in [0, 0.1) is 19.7 Å². The molecule has 1 atom stereocenters. The molecule has 0 amide bonds. The summed E-state index contributed by atoms with van der Waals surface area (Å²) in [6.07, 6.45) is 2.32. The van der Waals surface area contributed by atoms with Gasteiger partial charge in [-0.05, 0) is 44.4 Å². The van der Waals surface area contributed by atoms with Crippen molar-refractivity contribution in [2.24, 2.45) is 0 Å². The van der Waals surface area contributed by atoms with Crippen LogP contribution in [-0.2, 0) is 17.8 Å². The summed E-state index contributed by atoms with van der Waals surface area (Å²) in [4.78, 5) is 11.8. The van der Waals surface area contributed by atoms with E-state index in [2.05, 4.69) is 5.32 Å². The van der Waals surface area contributed by atoms with Crippen molar-refractivity contribution in [3.63, 3.8) is 0 Å². The number of aromatic carboxylic acids is 1. The Labute approximate surface area is 152 Å². The van der Waals surface area contributed by atoms with Crippen LogP contribution in [0.2, 0.25) is 0 Å². The maximum atomic E-state index is 13.5. The van der Waals surface area contributed by atoms with Gasteiger partial charge in [0.2, 0.25) is 0 Å². The number of carboxylic acids is 1. The van der Waals surface area contributed by atoms with Gasteiger partial charge in [-0.3, -0.25) is 0 Å². The summed E-state index contributed by atoms with van der Waals surface area (Å²) in [5.41, 5.74) is 3.50. The summed E-state index contributed by atoms with van der Waals surface area (Å²) in [6, 6.07) is 6.40. The number of hydrogen-bond donors (Lipinski definition) is 2. The van der Waals surface area contributed by atoms with Crippen LogP contribution >= 0.6 is 0 Å². The molecule has 1 aromatic heterocycles. The highest BCUT2D eigenvalue weighted by Crippen LogP contribution is 2.24. The first-order valence-electron chi connectivity index (χ1n) is 8.96. The summed E-state index contributed by atoms with van der Waals surface area (Å²) in [5, 5.41) is 13.0. The number of aromatic nitrogens is 1. The fraction of sp³-hybridized carbons (Fsp3) is 0.450. The van der Waals surface area contributed by atoms with E-state index in [0.29, 0.717) is 30.9 Å². The summed E-state index contributed by atoms with van der Waals surface area (Å²) < 4.78 is 21.0. The molecule has 0 spiro atoms. The van der Waals surface area contributed by atoms with Crippen molar-refractivity contribution < 1.29 is 19.0 Å². The van der Waals surface area contributed by atoms with Crippen molar-refractivity contribution in [1.29, 1.82) is 0 Å². The maximum absolute atomic E-state index is 13.5. The molecular formula is C20H25FN2O3. The van der Waals surface area contributed by atoms with Gasteiger partial charge in [-0.1, -0.05) is 12.1 Å². The van der Waals surface area contributed by atoms with Crippen molar-refractivity contribution in [3.05, 3.63) is 58.2 Å². The van der Waals surface area contributed by atoms with Crippen LogP contribution in [0.15, 0.2) is 24.3 Å². The molecular weight excluding hydrogens is 335 g/mol. The first kappa shape index (κ1) is 18.6. The van der Waals surface area contributed by atoms with E-state index >= 15 is 0 Å². The Balaban J connectivity index is 1.82. The Kier molecular flexibility index (Phi) is 5.74. The summed E-state index contributed by atoms with van der Waals surface area (Å²) in [6.45, 7) is 6.16.